The molecule has 0 saturated heterocycles. The molecule has 0 saturated carbocycles. The number of ether oxygens (including phenoxy) is 1. The molecule has 0 bridgehead atoms. The highest BCUT2D eigenvalue weighted by Crippen LogP contribution is 2.20. The number of alkyl halides is 2. The fourth-order valence-corrected chi connectivity index (χ4v) is 1.16. The maximum atomic E-state index is 8.59. The number of nitrogens with zero attached hydrogens (tertiary/aromatic N) is 1. The van der Waals surface area contributed by atoms with Crippen LogP contribution in [-0.2, 0) is 0 Å². The van der Waals surface area contributed by atoms with E-state index < -0.39 is 0 Å². The molecule has 0 unspecified atom stereocenters. The highest BCUT2D eigenvalue weighted by atomic mass is 79.9. The van der Waals surface area contributed by atoms with Crippen LogP contribution in [0.25, 0.3) is 0 Å². The van der Waals surface area contributed by atoms with Crippen molar-refractivity contribution in [1.82, 2.24) is 0 Å². The average molecular weight is 319 g/mol. The molecule has 2 nitrogen and oxygen atoms in total. The second-order valence-corrected chi connectivity index (χ2v) is 5.13. The Morgan fingerprint density at radius 3 is 2.29 bits per heavy atom. The lowest BCUT2D eigenvalue weighted by Crippen LogP contribution is -2.17. The predicted molar refractivity (Wildman–Crippen MR) is 62.9 cm³/mol. The number of rotatable bonds is 3. The van der Waals surface area contributed by atoms with Gasteiger partial charge in [0.1, 0.15) is 5.75 Å². The van der Waals surface area contributed by atoms with Gasteiger partial charge in [0.05, 0.1) is 16.5 Å². The molecule has 1 rings (SSSR count). The van der Waals surface area contributed by atoms with Crippen LogP contribution in [0.15, 0.2) is 24.3 Å². The molecule has 0 aliphatic rings. The van der Waals surface area contributed by atoms with E-state index in [1.54, 1.807) is 24.3 Å². The summed E-state index contributed by atoms with van der Waals surface area (Å²) in [5.74, 6) is 0.747. The smallest absolute Gasteiger partial charge is 0.165 e. The van der Waals surface area contributed by atoms with E-state index in [0.717, 1.165) is 5.75 Å². The molecule has 0 radical (unpaired) electrons. The van der Waals surface area contributed by atoms with Gasteiger partial charge in [0.25, 0.3) is 0 Å². The van der Waals surface area contributed by atoms with E-state index in [1.807, 2.05) is 6.92 Å². The van der Waals surface area contributed by atoms with Gasteiger partial charge in [0, 0.05) is 0 Å². The molecule has 4 heteroatoms. The Balaban J connectivity index is 2.65. The SMILES string of the molecule is C[C@H](Br)[C@@H](Br)Oc1ccc(C#N)cc1. The maximum absolute atomic E-state index is 8.59. The zero-order valence-electron chi connectivity index (χ0n) is 7.58. The summed E-state index contributed by atoms with van der Waals surface area (Å²) in [5, 5.41) is 8.52. The summed E-state index contributed by atoms with van der Waals surface area (Å²) in [6.45, 7) is 1.99. The number of hydrogen-bond donors (Lipinski definition) is 0. The fourth-order valence-electron chi connectivity index (χ4n) is 0.832. The van der Waals surface area contributed by atoms with Crippen molar-refractivity contribution < 1.29 is 4.74 Å². The molecule has 0 aliphatic carbocycles. The molecule has 14 heavy (non-hydrogen) atoms. The molecule has 0 N–H and O–H groups in total. The quantitative estimate of drug-likeness (QED) is 0.800. The Bertz CT molecular complexity index is 329. The third kappa shape index (κ3) is 3.32. The van der Waals surface area contributed by atoms with E-state index in [4.69, 9.17) is 10.00 Å². The molecule has 0 aliphatic heterocycles. The van der Waals surface area contributed by atoms with Gasteiger partial charge in [-0.15, -0.1) is 0 Å². The summed E-state index contributed by atoms with van der Waals surface area (Å²) in [7, 11) is 0. The molecular formula is C10H9Br2NO. The first kappa shape index (κ1) is 11.5. The molecule has 1 aromatic rings. The molecule has 0 heterocycles. The highest BCUT2D eigenvalue weighted by molar-refractivity contribution is 9.12. The van der Waals surface area contributed by atoms with Crippen LogP contribution in [0.2, 0.25) is 0 Å². The zero-order chi connectivity index (χ0) is 10.6. The van der Waals surface area contributed by atoms with E-state index in [1.165, 1.54) is 0 Å². The molecule has 0 amide bonds. The first-order valence-electron chi connectivity index (χ1n) is 4.08. The summed E-state index contributed by atoms with van der Waals surface area (Å²) in [4.78, 5) is 0.221. The number of benzene rings is 1. The third-order valence-corrected chi connectivity index (χ3v) is 3.76. The average Bonchev–Trinajstić information content (AvgIpc) is 2.19. The zero-order valence-corrected chi connectivity index (χ0v) is 10.7. The Morgan fingerprint density at radius 1 is 1.29 bits per heavy atom. The highest BCUT2D eigenvalue weighted by Gasteiger charge is 2.11. The molecule has 1 aromatic carbocycles. The first-order valence-corrected chi connectivity index (χ1v) is 5.91. The van der Waals surface area contributed by atoms with Gasteiger partial charge in [-0.1, -0.05) is 15.9 Å². The van der Waals surface area contributed by atoms with Crippen molar-refractivity contribution in [2.75, 3.05) is 0 Å². The van der Waals surface area contributed by atoms with E-state index >= 15 is 0 Å². The van der Waals surface area contributed by atoms with Crippen molar-refractivity contribution in [3.05, 3.63) is 29.8 Å². The summed E-state index contributed by atoms with van der Waals surface area (Å²) in [6.07, 6.45) is 0. The van der Waals surface area contributed by atoms with Crippen molar-refractivity contribution in [3.8, 4) is 11.8 Å². The first-order chi connectivity index (χ1) is 6.63. The molecule has 74 valence electrons. The van der Waals surface area contributed by atoms with Gasteiger partial charge in [-0.05, 0) is 47.1 Å². The van der Waals surface area contributed by atoms with Gasteiger partial charge in [0.2, 0.25) is 0 Å². The van der Waals surface area contributed by atoms with E-state index in [2.05, 4.69) is 37.9 Å². The topological polar surface area (TPSA) is 33.0 Å². The largest absolute Gasteiger partial charge is 0.478 e. The van der Waals surface area contributed by atoms with Gasteiger partial charge in [0.15, 0.2) is 5.01 Å². The maximum Gasteiger partial charge on any atom is 0.165 e. The van der Waals surface area contributed by atoms with Crippen molar-refractivity contribution in [2.24, 2.45) is 0 Å². The number of halogens is 2. The molecule has 0 spiro atoms. The monoisotopic (exact) mass is 317 g/mol. The van der Waals surface area contributed by atoms with Crippen LogP contribution in [0.1, 0.15) is 12.5 Å². The molecule has 0 fully saturated rings. The Hall–Kier alpha value is -0.530. The summed E-state index contributed by atoms with van der Waals surface area (Å²) in [5.41, 5.74) is 0.635. The van der Waals surface area contributed by atoms with E-state index in [-0.39, 0.29) is 9.84 Å². The van der Waals surface area contributed by atoms with Gasteiger partial charge in [-0.25, -0.2) is 0 Å². The van der Waals surface area contributed by atoms with Gasteiger partial charge in [-0.2, -0.15) is 5.26 Å². The van der Waals surface area contributed by atoms with Crippen molar-refractivity contribution >= 4 is 31.9 Å². The summed E-state index contributed by atoms with van der Waals surface area (Å²) in [6, 6.07) is 9.07. The molecule has 0 aromatic heterocycles. The molecule has 2 atom stereocenters. The summed E-state index contributed by atoms with van der Waals surface area (Å²) < 4.78 is 5.54. The van der Waals surface area contributed by atoms with E-state index in [0.29, 0.717) is 5.56 Å². The van der Waals surface area contributed by atoms with Crippen molar-refractivity contribution in [2.45, 2.75) is 16.8 Å². The van der Waals surface area contributed by atoms with Crippen LogP contribution in [0.3, 0.4) is 0 Å². The van der Waals surface area contributed by atoms with Gasteiger partial charge >= 0.3 is 0 Å². The number of nitriles is 1. The van der Waals surface area contributed by atoms with Crippen LogP contribution in [-0.4, -0.2) is 9.84 Å². The third-order valence-electron chi connectivity index (χ3n) is 1.59. The minimum Gasteiger partial charge on any atom is -0.478 e. The Morgan fingerprint density at radius 2 is 1.86 bits per heavy atom. The van der Waals surface area contributed by atoms with Crippen molar-refractivity contribution in [3.63, 3.8) is 0 Å². The van der Waals surface area contributed by atoms with Gasteiger partial charge < -0.3 is 4.74 Å². The van der Waals surface area contributed by atoms with Crippen LogP contribution in [0.5, 0.6) is 5.75 Å². The number of hydrogen-bond acceptors (Lipinski definition) is 2. The van der Waals surface area contributed by atoms with E-state index in [9.17, 15) is 0 Å². The molecular weight excluding hydrogens is 310 g/mol. The van der Waals surface area contributed by atoms with Gasteiger partial charge in [-0.3, -0.25) is 0 Å². The standard InChI is InChI=1S/C10H9Br2NO/c1-7(11)10(12)14-9-4-2-8(6-13)3-5-9/h2-5,7,10H,1H3/t7-,10-/m0/s1. The van der Waals surface area contributed by atoms with Crippen LogP contribution in [0.4, 0.5) is 0 Å². The second-order valence-electron chi connectivity index (χ2n) is 2.78. The normalized spacial score (nSPS) is 14.1. The second kappa shape index (κ2) is 5.38. The minimum atomic E-state index is -0.0737. The lowest BCUT2D eigenvalue weighted by Gasteiger charge is -2.14. The summed E-state index contributed by atoms with van der Waals surface area (Å²) >= 11 is 6.78. The van der Waals surface area contributed by atoms with Crippen LogP contribution >= 0.6 is 31.9 Å². The Labute approximate surface area is 100 Å². The van der Waals surface area contributed by atoms with Crippen molar-refractivity contribution in [1.29, 1.82) is 5.26 Å². The lowest BCUT2D eigenvalue weighted by molar-refractivity contribution is 0.297. The minimum absolute atomic E-state index is 0.0737. The Kier molecular flexibility index (Phi) is 4.43. The lowest BCUT2D eigenvalue weighted by atomic mass is 10.2. The van der Waals surface area contributed by atoms with Crippen LogP contribution in [0, 0.1) is 11.3 Å². The van der Waals surface area contributed by atoms with Crippen LogP contribution < -0.4 is 4.74 Å². The fraction of sp³-hybridized carbons (Fsp3) is 0.300. The predicted octanol–water partition coefficient (Wildman–Crippen LogP) is 3.44.